The predicted octanol–water partition coefficient (Wildman–Crippen LogP) is 4.56. The summed E-state index contributed by atoms with van der Waals surface area (Å²) in [7, 11) is 2.02. The van der Waals surface area contributed by atoms with Crippen molar-refractivity contribution >= 4 is 29.2 Å². The van der Waals surface area contributed by atoms with Gasteiger partial charge in [0.2, 0.25) is 5.91 Å². The van der Waals surface area contributed by atoms with E-state index in [1.165, 1.54) is 0 Å². The van der Waals surface area contributed by atoms with Gasteiger partial charge in [0.25, 0.3) is 0 Å². The highest BCUT2D eigenvalue weighted by atomic mass is 32.2. The molecule has 0 aliphatic carbocycles. The van der Waals surface area contributed by atoms with Crippen LogP contribution in [0.4, 0.5) is 11.5 Å². The van der Waals surface area contributed by atoms with Gasteiger partial charge in [-0.25, -0.2) is 0 Å². The number of rotatable bonds is 8. The van der Waals surface area contributed by atoms with Gasteiger partial charge in [0, 0.05) is 35.1 Å². The monoisotopic (exact) mass is 447 g/mol. The first kappa shape index (κ1) is 22.3. The number of amides is 1. The summed E-state index contributed by atoms with van der Waals surface area (Å²) in [6.07, 6.45) is 3.91. The van der Waals surface area contributed by atoms with Gasteiger partial charge in [-0.1, -0.05) is 42.1 Å². The quantitative estimate of drug-likeness (QED) is 0.546. The lowest BCUT2D eigenvalue weighted by molar-refractivity contribution is -0.120. The minimum Gasteiger partial charge on any atom is -0.351 e. The number of anilines is 2. The lowest BCUT2D eigenvalue weighted by Crippen LogP contribution is -2.46. The Morgan fingerprint density at radius 1 is 1.16 bits per heavy atom. The molecule has 2 atom stereocenters. The van der Waals surface area contributed by atoms with Crippen LogP contribution in [0.2, 0.25) is 0 Å². The molecule has 0 spiro atoms. The number of aromatic nitrogens is 2. The molecule has 0 radical (unpaired) electrons. The number of hydrogen-bond acceptors (Lipinski definition) is 6. The maximum absolute atomic E-state index is 13.1. The molecule has 7 heteroatoms. The van der Waals surface area contributed by atoms with Crippen molar-refractivity contribution in [3.05, 3.63) is 72.9 Å². The Hall–Kier alpha value is -2.90. The summed E-state index contributed by atoms with van der Waals surface area (Å²) in [6, 6.07) is 22.1. The third kappa shape index (κ3) is 5.47. The second kappa shape index (κ2) is 10.6. The Bertz CT molecular complexity index is 1020. The Kier molecular flexibility index (Phi) is 7.39. The summed E-state index contributed by atoms with van der Waals surface area (Å²) in [5, 5.41) is 11.4. The Labute approximate surface area is 194 Å². The summed E-state index contributed by atoms with van der Waals surface area (Å²) in [5.41, 5.74) is 0.841. The Morgan fingerprint density at radius 3 is 2.72 bits per heavy atom. The van der Waals surface area contributed by atoms with E-state index in [0.29, 0.717) is 6.04 Å². The molecule has 2 heterocycles. The van der Waals surface area contributed by atoms with Crippen LogP contribution in [-0.4, -0.2) is 53.2 Å². The van der Waals surface area contributed by atoms with Gasteiger partial charge in [-0.2, -0.15) is 5.10 Å². The third-order valence-corrected chi connectivity index (χ3v) is 6.97. The predicted molar refractivity (Wildman–Crippen MR) is 130 cm³/mol. The molecule has 0 bridgehead atoms. The fourth-order valence-corrected chi connectivity index (χ4v) is 4.90. The smallest absolute Gasteiger partial charge is 0.241 e. The summed E-state index contributed by atoms with van der Waals surface area (Å²) < 4.78 is 0. The maximum atomic E-state index is 13.1. The largest absolute Gasteiger partial charge is 0.351 e. The van der Waals surface area contributed by atoms with E-state index in [1.807, 2.05) is 68.6 Å². The first-order valence-electron chi connectivity index (χ1n) is 11.0. The van der Waals surface area contributed by atoms with Gasteiger partial charge in [-0.15, -0.1) is 5.10 Å². The van der Waals surface area contributed by atoms with Crippen LogP contribution in [0.1, 0.15) is 19.8 Å². The van der Waals surface area contributed by atoms with E-state index in [-0.39, 0.29) is 11.9 Å². The van der Waals surface area contributed by atoms with Crippen LogP contribution >= 0.6 is 11.8 Å². The highest BCUT2D eigenvalue weighted by molar-refractivity contribution is 7.99. The molecule has 1 aromatic heterocycles. The maximum Gasteiger partial charge on any atom is 0.241 e. The lowest BCUT2D eigenvalue weighted by Gasteiger charge is -2.31. The van der Waals surface area contributed by atoms with Crippen LogP contribution in [0.25, 0.3) is 0 Å². The van der Waals surface area contributed by atoms with E-state index in [2.05, 4.69) is 37.4 Å². The lowest BCUT2D eigenvalue weighted by atomic mass is 10.1. The number of carbonyl (C=O) groups is 1. The van der Waals surface area contributed by atoms with Gasteiger partial charge < -0.3 is 10.2 Å². The van der Waals surface area contributed by atoms with E-state index < -0.39 is 0 Å². The Morgan fingerprint density at radius 2 is 1.94 bits per heavy atom. The summed E-state index contributed by atoms with van der Waals surface area (Å²) in [6.45, 7) is 3.73. The fourth-order valence-electron chi connectivity index (χ4n) is 3.98. The second-order valence-electron chi connectivity index (χ2n) is 8.09. The van der Waals surface area contributed by atoms with Crippen molar-refractivity contribution in [2.24, 2.45) is 0 Å². The molecule has 1 aliphatic rings. The molecule has 0 saturated carbocycles. The second-order valence-corrected chi connectivity index (χ2v) is 9.20. The van der Waals surface area contributed by atoms with E-state index in [0.717, 1.165) is 47.2 Å². The van der Waals surface area contributed by atoms with Crippen LogP contribution in [-0.2, 0) is 4.79 Å². The highest BCUT2D eigenvalue weighted by Gasteiger charge is 2.29. The van der Waals surface area contributed by atoms with Crippen molar-refractivity contribution in [2.45, 2.75) is 41.6 Å². The topological polar surface area (TPSA) is 61.4 Å². The van der Waals surface area contributed by atoms with E-state index >= 15 is 0 Å². The van der Waals surface area contributed by atoms with Crippen molar-refractivity contribution in [3.8, 4) is 0 Å². The van der Waals surface area contributed by atoms with Crippen molar-refractivity contribution in [3.63, 3.8) is 0 Å². The van der Waals surface area contributed by atoms with E-state index in [1.54, 1.807) is 18.0 Å². The number of benzene rings is 2. The van der Waals surface area contributed by atoms with Crippen molar-refractivity contribution in [2.75, 3.05) is 30.4 Å². The number of likely N-dealkylation sites (N-methyl/N-ethyl adjacent to an activating group) is 1. The van der Waals surface area contributed by atoms with Gasteiger partial charge in [-0.05, 0) is 63.2 Å². The molecule has 4 rings (SSSR count). The first-order chi connectivity index (χ1) is 15.6. The summed E-state index contributed by atoms with van der Waals surface area (Å²) in [5.74, 6) is 0.907. The van der Waals surface area contributed by atoms with Crippen LogP contribution < -0.4 is 10.2 Å². The minimum atomic E-state index is -0.255. The molecule has 2 unspecified atom stereocenters. The molecule has 1 saturated heterocycles. The average molecular weight is 448 g/mol. The molecule has 1 aliphatic heterocycles. The van der Waals surface area contributed by atoms with Gasteiger partial charge in [-0.3, -0.25) is 9.69 Å². The zero-order valence-electron chi connectivity index (χ0n) is 18.5. The zero-order valence-corrected chi connectivity index (χ0v) is 19.3. The normalized spacial score (nSPS) is 16.8. The number of carbonyl (C=O) groups excluding carboxylic acids is 1. The van der Waals surface area contributed by atoms with Gasteiger partial charge in [0.15, 0.2) is 5.82 Å². The van der Waals surface area contributed by atoms with Crippen LogP contribution in [0.15, 0.2) is 82.7 Å². The minimum absolute atomic E-state index is 0.00217. The number of para-hydroxylation sites is 1. The third-order valence-electron chi connectivity index (χ3n) is 5.88. The molecular weight excluding hydrogens is 418 g/mol. The molecule has 1 fully saturated rings. The fraction of sp³-hybridized carbons (Fsp3) is 0.320. The molecule has 32 heavy (non-hydrogen) atoms. The van der Waals surface area contributed by atoms with Crippen LogP contribution in [0, 0.1) is 0 Å². The zero-order chi connectivity index (χ0) is 22.3. The molecule has 6 nitrogen and oxygen atoms in total. The summed E-state index contributed by atoms with van der Waals surface area (Å²) in [4.78, 5) is 19.7. The molecule has 2 aromatic carbocycles. The first-order valence-corrected chi connectivity index (χ1v) is 11.8. The van der Waals surface area contributed by atoms with E-state index in [9.17, 15) is 4.79 Å². The molecule has 1 amide bonds. The van der Waals surface area contributed by atoms with Gasteiger partial charge in [0.1, 0.15) is 0 Å². The van der Waals surface area contributed by atoms with Crippen molar-refractivity contribution in [1.29, 1.82) is 0 Å². The number of hydrogen-bond donors (Lipinski definition) is 1. The van der Waals surface area contributed by atoms with Crippen molar-refractivity contribution < 1.29 is 4.79 Å². The van der Waals surface area contributed by atoms with Crippen LogP contribution in [0.5, 0.6) is 0 Å². The molecule has 3 aromatic rings. The average Bonchev–Trinajstić information content (AvgIpc) is 3.29. The molecule has 1 N–H and O–H groups in total. The highest BCUT2D eigenvalue weighted by Crippen LogP contribution is 2.33. The summed E-state index contributed by atoms with van der Waals surface area (Å²) >= 11 is 1.65. The number of nitrogens with one attached hydrogen (secondary N) is 1. The number of nitrogens with zero attached hydrogens (tertiary/aromatic N) is 4. The molecular formula is C25H29N5OS. The van der Waals surface area contributed by atoms with E-state index in [4.69, 9.17) is 0 Å². The standard InChI is InChI=1S/C25H29N5OS/c1-19(29(2)18-20-10-9-17-30(20)24-15-8-16-26-28-24)25(31)27-22-13-6-7-14-23(22)32-21-11-4-3-5-12-21/h3-8,11-16,19-20H,9-10,17-18H2,1-2H3,(H,27,31). The Balaban J connectivity index is 1.39. The van der Waals surface area contributed by atoms with Gasteiger partial charge >= 0.3 is 0 Å². The van der Waals surface area contributed by atoms with Crippen LogP contribution in [0.3, 0.4) is 0 Å². The van der Waals surface area contributed by atoms with Crippen molar-refractivity contribution in [1.82, 2.24) is 15.1 Å². The molecule has 166 valence electrons. The van der Waals surface area contributed by atoms with Gasteiger partial charge in [0.05, 0.1) is 11.7 Å². The SMILES string of the molecule is CC(C(=O)Nc1ccccc1Sc1ccccc1)N(C)CC1CCCN1c1cccnn1.